The van der Waals surface area contributed by atoms with Gasteiger partial charge in [0.05, 0.1) is 18.5 Å². The monoisotopic (exact) mass is 577 g/mol. The highest BCUT2D eigenvalue weighted by Gasteiger charge is 2.28. The number of halogens is 1. The van der Waals surface area contributed by atoms with Gasteiger partial charge >= 0.3 is 0 Å². The van der Waals surface area contributed by atoms with E-state index in [1.807, 2.05) is 13.8 Å². The summed E-state index contributed by atoms with van der Waals surface area (Å²) >= 11 is 0. The molecule has 0 bridgehead atoms. The van der Waals surface area contributed by atoms with Gasteiger partial charge in [-0.1, -0.05) is 12.1 Å². The summed E-state index contributed by atoms with van der Waals surface area (Å²) in [5, 5.41) is 4.73. The first-order chi connectivity index (χ1) is 14.8. The molecule has 1 fully saturated rings. The number of nitrogens with zero attached hydrogens (tertiary/aromatic N) is 3. The van der Waals surface area contributed by atoms with E-state index in [1.165, 1.54) is 16.5 Å². The zero-order valence-electron chi connectivity index (χ0n) is 19.4. The van der Waals surface area contributed by atoms with Crippen molar-refractivity contribution < 1.29 is 13.2 Å². The molecule has 0 aliphatic carbocycles. The number of ether oxygens (including phenoxy) is 1. The smallest absolute Gasteiger partial charge is 0.216 e. The molecular formula is C22H36IN5O3S. The second-order valence-corrected chi connectivity index (χ2v) is 10.2. The van der Waals surface area contributed by atoms with Gasteiger partial charge in [-0.25, -0.2) is 8.42 Å². The van der Waals surface area contributed by atoms with Crippen molar-refractivity contribution in [3.05, 3.63) is 35.5 Å². The van der Waals surface area contributed by atoms with Crippen molar-refractivity contribution in [2.75, 3.05) is 52.1 Å². The van der Waals surface area contributed by atoms with E-state index in [9.17, 15) is 8.42 Å². The third-order valence-corrected chi connectivity index (χ3v) is 7.44. The molecule has 8 nitrogen and oxygen atoms in total. The van der Waals surface area contributed by atoms with Gasteiger partial charge in [-0.3, -0.25) is 4.99 Å². The Morgan fingerprint density at radius 3 is 2.62 bits per heavy atom. The van der Waals surface area contributed by atoms with Crippen LogP contribution in [0.4, 0.5) is 0 Å². The number of aromatic amines is 1. The van der Waals surface area contributed by atoms with Gasteiger partial charge in [-0.05, 0) is 44.4 Å². The molecule has 0 amide bonds. The number of fused-ring (bicyclic) bond motifs is 1. The summed E-state index contributed by atoms with van der Waals surface area (Å²) in [6.07, 6.45) is 3.00. The van der Waals surface area contributed by atoms with E-state index in [-0.39, 0.29) is 42.4 Å². The van der Waals surface area contributed by atoms with Crippen LogP contribution in [-0.4, -0.2) is 86.8 Å². The first-order valence-electron chi connectivity index (χ1n) is 10.9. The van der Waals surface area contributed by atoms with E-state index in [0.717, 1.165) is 24.4 Å². The fourth-order valence-corrected chi connectivity index (χ4v) is 5.27. The predicted octanol–water partition coefficient (Wildman–Crippen LogP) is 2.58. The van der Waals surface area contributed by atoms with Crippen molar-refractivity contribution in [1.82, 2.24) is 19.5 Å². The van der Waals surface area contributed by atoms with Gasteiger partial charge in [0.1, 0.15) is 0 Å². The molecule has 1 saturated heterocycles. The lowest BCUT2D eigenvalue weighted by atomic mass is 10.1. The molecule has 2 aromatic rings. The van der Waals surface area contributed by atoms with Crippen LogP contribution < -0.4 is 5.32 Å². The normalized spacial score (nSPS) is 15.9. The van der Waals surface area contributed by atoms with Crippen LogP contribution in [0.15, 0.2) is 29.4 Å². The molecule has 0 atom stereocenters. The summed E-state index contributed by atoms with van der Waals surface area (Å²) in [6, 6.07) is 6.30. The Balaban J connectivity index is 0.00000363. The van der Waals surface area contributed by atoms with Crippen LogP contribution in [0, 0.1) is 6.92 Å². The molecule has 0 spiro atoms. The fourth-order valence-electron chi connectivity index (χ4n) is 3.99. The minimum Gasteiger partial charge on any atom is -0.378 e. The van der Waals surface area contributed by atoms with Gasteiger partial charge in [0.2, 0.25) is 10.0 Å². The topological polar surface area (TPSA) is 90.0 Å². The molecule has 1 aliphatic rings. The van der Waals surface area contributed by atoms with Crippen molar-refractivity contribution in [2.24, 2.45) is 4.99 Å². The van der Waals surface area contributed by atoms with Crippen LogP contribution in [0.2, 0.25) is 0 Å². The van der Waals surface area contributed by atoms with Gasteiger partial charge in [0.25, 0.3) is 0 Å². The van der Waals surface area contributed by atoms with Gasteiger partial charge in [0.15, 0.2) is 5.96 Å². The largest absolute Gasteiger partial charge is 0.378 e. The number of hydrogen-bond acceptors (Lipinski definition) is 4. The van der Waals surface area contributed by atoms with Gasteiger partial charge < -0.3 is 19.9 Å². The molecule has 1 aromatic heterocycles. The average Bonchev–Trinajstić information content (AvgIpc) is 3.15. The molecule has 10 heteroatoms. The van der Waals surface area contributed by atoms with E-state index in [1.54, 1.807) is 11.4 Å². The number of nitrogens with one attached hydrogen (secondary N) is 2. The van der Waals surface area contributed by atoms with Crippen LogP contribution in [0.25, 0.3) is 10.9 Å². The van der Waals surface area contributed by atoms with Crippen molar-refractivity contribution in [3.8, 4) is 0 Å². The van der Waals surface area contributed by atoms with Crippen LogP contribution in [0.1, 0.15) is 25.0 Å². The van der Waals surface area contributed by atoms with E-state index in [4.69, 9.17) is 4.74 Å². The number of rotatable bonds is 8. The first-order valence-corrected chi connectivity index (χ1v) is 12.5. The molecule has 2 N–H and O–H groups in total. The van der Waals surface area contributed by atoms with Crippen molar-refractivity contribution >= 4 is 50.9 Å². The lowest BCUT2D eigenvalue weighted by Crippen LogP contribution is -2.54. The summed E-state index contributed by atoms with van der Waals surface area (Å²) in [7, 11) is -1.52. The second-order valence-electron chi connectivity index (χ2n) is 8.16. The maximum Gasteiger partial charge on any atom is 0.216 e. The highest BCUT2D eigenvalue weighted by Crippen LogP contribution is 2.22. The number of guanidine groups is 1. The lowest BCUT2D eigenvalue weighted by molar-refractivity contribution is 0.0904. The molecule has 0 saturated carbocycles. The van der Waals surface area contributed by atoms with Crippen molar-refractivity contribution in [1.29, 1.82) is 0 Å². The van der Waals surface area contributed by atoms with Gasteiger partial charge in [-0.2, -0.15) is 4.31 Å². The summed E-state index contributed by atoms with van der Waals surface area (Å²) < 4.78 is 32.0. The number of aryl methyl sites for hydroxylation is 1. The number of piperazine rings is 1. The molecule has 1 aliphatic heterocycles. The van der Waals surface area contributed by atoms with Gasteiger partial charge in [0, 0.05) is 56.9 Å². The highest BCUT2D eigenvalue weighted by molar-refractivity contribution is 14.0. The number of H-pyrrole nitrogens is 1. The number of benzene rings is 1. The molecule has 3 rings (SSSR count). The SMILES string of the molecule is CN=C(NCCc1c[nH]c2cccc(C)c12)N1CCN(S(=O)(=O)CCOC(C)C)CC1.I. The number of hydrogen-bond donors (Lipinski definition) is 2. The average molecular weight is 578 g/mol. The third kappa shape index (κ3) is 6.82. The number of sulfonamides is 1. The minimum atomic E-state index is -3.29. The summed E-state index contributed by atoms with van der Waals surface area (Å²) in [6.45, 7) is 9.11. The Labute approximate surface area is 208 Å². The summed E-state index contributed by atoms with van der Waals surface area (Å²) in [5.74, 6) is 0.846. The fraction of sp³-hybridized carbons (Fsp3) is 0.591. The van der Waals surface area contributed by atoms with Crippen molar-refractivity contribution in [3.63, 3.8) is 0 Å². The summed E-state index contributed by atoms with van der Waals surface area (Å²) in [4.78, 5) is 9.87. The van der Waals surface area contributed by atoms with E-state index >= 15 is 0 Å². The van der Waals surface area contributed by atoms with E-state index in [2.05, 4.69) is 51.5 Å². The maximum atomic E-state index is 12.5. The number of aromatic nitrogens is 1. The van der Waals surface area contributed by atoms with E-state index < -0.39 is 10.0 Å². The van der Waals surface area contributed by atoms with Gasteiger partial charge in [-0.15, -0.1) is 24.0 Å². The molecule has 2 heterocycles. The van der Waals surface area contributed by atoms with Crippen LogP contribution in [0.3, 0.4) is 0 Å². The molecule has 180 valence electrons. The predicted molar refractivity (Wildman–Crippen MR) is 142 cm³/mol. The molecule has 0 radical (unpaired) electrons. The number of aliphatic imine (C=N–C) groups is 1. The zero-order chi connectivity index (χ0) is 22.4. The second kappa shape index (κ2) is 12.2. The zero-order valence-corrected chi connectivity index (χ0v) is 22.6. The van der Waals surface area contributed by atoms with E-state index in [0.29, 0.717) is 26.2 Å². The Morgan fingerprint density at radius 2 is 1.97 bits per heavy atom. The summed E-state index contributed by atoms with van der Waals surface area (Å²) in [5.41, 5.74) is 3.72. The third-order valence-electron chi connectivity index (χ3n) is 5.61. The Hall–Kier alpha value is -1.37. The molecular weight excluding hydrogens is 541 g/mol. The Bertz CT molecular complexity index is 998. The quantitative estimate of drug-likeness (QED) is 0.286. The minimum absolute atomic E-state index is 0. The Kier molecular flexibility index (Phi) is 10.2. The molecule has 1 aromatic carbocycles. The Morgan fingerprint density at radius 1 is 1.25 bits per heavy atom. The molecule has 0 unspecified atom stereocenters. The highest BCUT2D eigenvalue weighted by atomic mass is 127. The molecule has 32 heavy (non-hydrogen) atoms. The lowest BCUT2D eigenvalue weighted by Gasteiger charge is -2.35. The van der Waals surface area contributed by atoms with Crippen LogP contribution in [-0.2, 0) is 21.2 Å². The van der Waals surface area contributed by atoms with Crippen LogP contribution in [0.5, 0.6) is 0 Å². The van der Waals surface area contributed by atoms with Crippen molar-refractivity contribution in [2.45, 2.75) is 33.3 Å². The standard InChI is InChI=1S/C22H35N5O3S.HI/c1-17(2)30-14-15-31(28,29)27-12-10-26(11-13-27)22(23-4)24-9-8-19-16-25-20-7-5-6-18(3)21(19)20;/h5-7,16-17,25H,8-15H2,1-4H3,(H,23,24);1H. The van der Waals surface area contributed by atoms with Crippen LogP contribution >= 0.6 is 24.0 Å². The first kappa shape index (κ1) is 26.9. The maximum absolute atomic E-state index is 12.5.